The molecule has 0 aliphatic rings. The van der Waals surface area contributed by atoms with Crippen molar-refractivity contribution in [2.24, 2.45) is 0 Å². The summed E-state index contributed by atoms with van der Waals surface area (Å²) in [6.45, 7) is 2.53. The number of halogens is 1. The number of aromatic nitrogens is 2. The normalized spacial score (nSPS) is 10.5. The van der Waals surface area contributed by atoms with Crippen LogP contribution in [0, 0.1) is 0 Å². The van der Waals surface area contributed by atoms with Crippen LogP contribution in [0.5, 0.6) is 5.88 Å². The number of ether oxygens (including phenoxy) is 1. The van der Waals surface area contributed by atoms with E-state index in [1.54, 1.807) is 17.8 Å². The van der Waals surface area contributed by atoms with E-state index in [9.17, 15) is 0 Å². The van der Waals surface area contributed by atoms with Crippen LogP contribution >= 0.6 is 23.4 Å². The zero-order valence-electron chi connectivity index (χ0n) is 11.2. The van der Waals surface area contributed by atoms with Crippen molar-refractivity contribution in [2.75, 3.05) is 11.5 Å². The van der Waals surface area contributed by atoms with E-state index in [-0.39, 0.29) is 0 Å². The van der Waals surface area contributed by atoms with Gasteiger partial charge >= 0.3 is 0 Å². The minimum atomic E-state index is 0.421. The summed E-state index contributed by atoms with van der Waals surface area (Å²) < 4.78 is 5.65. The van der Waals surface area contributed by atoms with Crippen molar-refractivity contribution in [2.45, 2.75) is 25.1 Å². The molecular weight excluding hydrogens is 294 g/mol. The molecule has 1 aromatic carbocycles. The Balaban J connectivity index is 2.01. The van der Waals surface area contributed by atoms with Crippen LogP contribution in [0.2, 0.25) is 5.02 Å². The highest BCUT2D eigenvalue weighted by Gasteiger charge is 2.04. The maximum atomic E-state index is 5.84. The maximum Gasteiger partial charge on any atom is 0.219 e. The molecule has 2 aromatic rings. The van der Waals surface area contributed by atoms with Gasteiger partial charge in [0.1, 0.15) is 12.4 Å². The molecule has 0 unspecified atom stereocenters. The Morgan fingerprint density at radius 3 is 2.70 bits per heavy atom. The van der Waals surface area contributed by atoms with E-state index in [4.69, 9.17) is 22.1 Å². The van der Waals surface area contributed by atoms with Crippen LogP contribution in [0.1, 0.15) is 18.9 Å². The number of nitrogen functional groups attached to an aromatic ring is 1. The first-order valence-corrected chi connectivity index (χ1v) is 7.68. The molecule has 0 fully saturated rings. The smallest absolute Gasteiger partial charge is 0.219 e. The van der Waals surface area contributed by atoms with Gasteiger partial charge in [-0.05, 0) is 24.1 Å². The first-order chi connectivity index (χ1) is 9.67. The van der Waals surface area contributed by atoms with E-state index in [0.29, 0.717) is 28.5 Å². The Bertz CT molecular complexity index is 563. The summed E-state index contributed by atoms with van der Waals surface area (Å²) >= 11 is 7.41. The molecule has 2 N–H and O–H groups in total. The zero-order chi connectivity index (χ0) is 14.4. The van der Waals surface area contributed by atoms with Gasteiger partial charge in [-0.3, -0.25) is 0 Å². The molecule has 4 nitrogen and oxygen atoms in total. The molecule has 1 heterocycles. The molecule has 0 spiro atoms. The number of rotatable bonds is 6. The number of nitrogens with two attached hydrogens (primary N) is 1. The quantitative estimate of drug-likeness (QED) is 0.649. The zero-order valence-corrected chi connectivity index (χ0v) is 12.7. The highest BCUT2D eigenvalue weighted by molar-refractivity contribution is 7.99. The largest absolute Gasteiger partial charge is 0.473 e. The van der Waals surface area contributed by atoms with Crippen LogP contribution < -0.4 is 10.5 Å². The third kappa shape index (κ3) is 4.58. The average molecular weight is 310 g/mol. The molecule has 2 rings (SSSR count). The second kappa shape index (κ2) is 7.36. The number of hydrogen-bond acceptors (Lipinski definition) is 5. The Kier molecular flexibility index (Phi) is 5.49. The summed E-state index contributed by atoms with van der Waals surface area (Å²) in [6, 6.07) is 9.12. The molecule has 0 saturated heterocycles. The molecule has 20 heavy (non-hydrogen) atoms. The Labute approximate surface area is 127 Å². The standard InChI is InChI=1S/C14H16ClN3OS/c1-2-7-20-14-17-12(16)8-13(18-14)19-9-10-3-5-11(15)6-4-10/h3-6,8H,2,7,9H2,1H3,(H2,16,17,18). The predicted molar refractivity (Wildman–Crippen MR) is 83.2 cm³/mol. The molecule has 0 saturated carbocycles. The van der Waals surface area contributed by atoms with Crippen molar-refractivity contribution in [3.05, 3.63) is 40.9 Å². The van der Waals surface area contributed by atoms with Gasteiger partial charge in [-0.2, -0.15) is 4.98 Å². The van der Waals surface area contributed by atoms with Gasteiger partial charge in [-0.1, -0.05) is 42.4 Å². The minimum absolute atomic E-state index is 0.421. The molecule has 0 aliphatic heterocycles. The Morgan fingerprint density at radius 1 is 1.25 bits per heavy atom. The fourth-order valence-corrected chi connectivity index (χ4v) is 2.33. The van der Waals surface area contributed by atoms with E-state index in [1.165, 1.54) is 0 Å². The van der Waals surface area contributed by atoms with E-state index in [0.717, 1.165) is 17.7 Å². The topological polar surface area (TPSA) is 61.0 Å². The molecular formula is C14H16ClN3OS. The number of benzene rings is 1. The molecule has 0 atom stereocenters. The summed E-state index contributed by atoms with van der Waals surface area (Å²) in [5.41, 5.74) is 6.78. The first kappa shape index (κ1) is 14.9. The van der Waals surface area contributed by atoms with Gasteiger partial charge in [-0.25, -0.2) is 4.98 Å². The van der Waals surface area contributed by atoms with Crippen molar-refractivity contribution in [3.63, 3.8) is 0 Å². The predicted octanol–water partition coefficient (Wildman–Crippen LogP) is 3.79. The van der Waals surface area contributed by atoms with Gasteiger partial charge < -0.3 is 10.5 Å². The van der Waals surface area contributed by atoms with Crippen LogP contribution in [0.3, 0.4) is 0 Å². The van der Waals surface area contributed by atoms with Gasteiger partial charge in [0.05, 0.1) is 0 Å². The Hall–Kier alpha value is -1.46. The molecule has 0 aliphatic carbocycles. The lowest BCUT2D eigenvalue weighted by atomic mass is 10.2. The molecule has 0 amide bonds. The third-order valence-corrected chi connectivity index (χ3v) is 3.74. The van der Waals surface area contributed by atoms with Gasteiger partial charge in [0.2, 0.25) is 5.88 Å². The SMILES string of the molecule is CCCSc1nc(N)cc(OCc2ccc(Cl)cc2)n1. The van der Waals surface area contributed by atoms with E-state index < -0.39 is 0 Å². The number of thioether (sulfide) groups is 1. The van der Waals surface area contributed by atoms with Crippen LogP contribution in [-0.2, 0) is 6.61 Å². The molecule has 0 bridgehead atoms. The number of nitrogens with zero attached hydrogens (tertiary/aromatic N) is 2. The van der Waals surface area contributed by atoms with Gasteiger partial charge in [0, 0.05) is 16.8 Å². The lowest BCUT2D eigenvalue weighted by Gasteiger charge is -2.07. The van der Waals surface area contributed by atoms with Crippen molar-refractivity contribution in [1.29, 1.82) is 0 Å². The first-order valence-electron chi connectivity index (χ1n) is 6.32. The van der Waals surface area contributed by atoms with Crippen LogP contribution in [0.25, 0.3) is 0 Å². The molecule has 0 radical (unpaired) electrons. The van der Waals surface area contributed by atoms with Crippen molar-refractivity contribution in [1.82, 2.24) is 9.97 Å². The summed E-state index contributed by atoms with van der Waals surface area (Å²) in [6.07, 6.45) is 1.06. The lowest BCUT2D eigenvalue weighted by molar-refractivity contribution is 0.291. The highest BCUT2D eigenvalue weighted by Crippen LogP contribution is 2.20. The van der Waals surface area contributed by atoms with E-state index in [2.05, 4.69) is 16.9 Å². The molecule has 106 valence electrons. The number of anilines is 1. The van der Waals surface area contributed by atoms with Gasteiger partial charge in [0.25, 0.3) is 0 Å². The third-order valence-electron chi connectivity index (χ3n) is 2.44. The van der Waals surface area contributed by atoms with E-state index >= 15 is 0 Å². The van der Waals surface area contributed by atoms with Gasteiger partial charge in [-0.15, -0.1) is 0 Å². The summed E-state index contributed by atoms with van der Waals surface area (Å²) in [7, 11) is 0. The second-order valence-electron chi connectivity index (χ2n) is 4.18. The summed E-state index contributed by atoms with van der Waals surface area (Å²) in [5.74, 6) is 1.87. The lowest BCUT2D eigenvalue weighted by Crippen LogP contribution is -2.01. The highest BCUT2D eigenvalue weighted by atomic mass is 35.5. The Morgan fingerprint density at radius 2 is 2.00 bits per heavy atom. The summed E-state index contributed by atoms with van der Waals surface area (Å²) in [5, 5.41) is 1.36. The van der Waals surface area contributed by atoms with Gasteiger partial charge in [0.15, 0.2) is 5.16 Å². The molecule has 6 heteroatoms. The van der Waals surface area contributed by atoms with Crippen LogP contribution in [0.4, 0.5) is 5.82 Å². The minimum Gasteiger partial charge on any atom is -0.473 e. The fourth-order valence-electron chi connectivity index (χ4n) is 1.49. The second-order valence-corrected chi connectivity index (χ2v) is 5.68. The van der Waals surface area contributed by atoms with E-state index in [1.807, 2.05) is 24.3 Å². The van der Waals surface area contributed by atoms with Crippen molar-refractivity contribution >= 4 is 29.2 Å². The van der Waals surface area contributed by atoms with Crippen molar-refractivity contribution in [3.8, 4) is 5.88 Å². The number of hydrogen-bond donors (Lipinski definition) is 1. The van der Waals surface area contributed by atoms with Crippen molar-refractivity contribution < 1.29 is 4.74 Å². The maximum absolute atomic E-state index is 5.84. The molecule has 1 aromatic heterocycles. The van der Waals surface area contributed by atoms with Crippen LogP contribution in [-0.4, -0.2) is 15.7 Å². The van der Waals surface area contributed by atoms with Crippen LogP contribution in [0.15, 0.2) is 35.5 Å². The average Bonchev–Trinajstić information content (AvgIpc) is 2.44. The monoisotopic (exact) mass is 309 g/mol. The fraction of sp³-hybridized carbons (Fsp3) is 0.286. The summed E-state index contributed by atoms with van der Waals surface area (Å²) in [4.78, 5) is 8.50.